The molecule has 3 nitrogen and oxygen atoms in total. The first kappa shape index (κ1) is 14.2. The zero-order valence-electron chi connectivity index (χ0n) is 11.3. The predicted octanol–water partition coefficient (Wildman–Crippen LogP) is 2.57. The van der Waals surface area contributed by atoms with E-state index in [9.17, 15) is 4.79 Å². The lowest BCUT2D eigenvalue weighted by molar-refractivity contribution is -0.120. The van der Waals surface area contributed by atoms with E-state index >= 15 is 0 Å². The van der Waals surface area contributed by atoms with E-state index in [4.69, 9.17) is 5.26 Å². The number of rotatable bonds is 5. The van der Waals surface area contributed by atoms with Crippen LogP contribution in [-0.4, -0.2) is 12.5 Å². The van der Waals surface area contributed by atoms with Crippen molar-refractivity contribution in [2.75, 3.05) is 6.54 Å². The molecular weight excluding hydrogens is 224 g/mol. The number of hydrogen-bond acceptors (Lipinski definition) is 2. The molecule has 96 valence electrons. The van der Waals surface area contributed by atoms with Crippen molar-refractivity contribution in [1.29, 1.82) is 5.26 Å². The van der Waals surface area contributed by atoms with E-state index < -0.39 is 0 Å². The van der Waals surface area contributed by atoms with Gasteiger partial charge in [0.25, 0.3) is 0 Å². The first-order valence-corrected chi connectivity index (χ1v) is 6.25. The summed E-state index contributed by atoms with van der Waals surface area (Å²) in [4.78, 5) is 11.3. The SMILES string of the molecule is Cc1cc(C)c(CCNC(=O)CCC#N)cc1C. The average Bonchev–Trinajstić information content (AvgIpc) is 2.33. The molecule has 1 rings (SSSR count). The summed E-state index contributed by atoms with van der Waals surface area (Å²) in [6.45, 7) is 6.94. The standard InChI is InChI=1S/C15H20N2O/c1-11-9-13(3)14(10-12(11)2)6-8-17-15(18)5-4-7-16/h9-10H,4-6,8H2,1-3H3,(H,17,18). The Hall–Kier alpha value is -1.82. The van der Waals surface area contributed by atoms with Gasteiger partial charge in [0.1, 0.15) is 0 Å². The highest BCUT2D eigenvalue weighted by molar-refractivity contribution is 5.76. The number of benzene rings is 1. The second-order valence-corrected chi connectivity index (χ2v) is 4.62. The second-order valence-electron chi connectivity index (χ2n) is 4.62. The van der Waals surface area contributed by atoms with Crippen LogP contribution >= 0.6 is 0 Å². The van der Waals surface area contributed by atoms with Crippen molar-refractivity contribution in [3.63, 3.8) is 0 Å². The summed E-state index contributed by atoms with van der Waals surface area (Å²) in [5.74, 6) is -0.0435. The second kappa shape index (κ2) is 6.80. The number of nitrogens with one attached hydrogen (secondary N) is 1. The van der Waals surface area contributed by atoms with Gasteiger partial charge in [-0.05, 0) is 49.4 Å². The van der Waals surface area contributed by atoms with Crippen molar-refractivity contribution in [3.05, 3.63) is 34.4 Å². The number of carbonyl (C=O) groups excluding carboxylic acids is 1. The van der Waals surface area contributed by atoms with Crippen LogP contribution in [-0.2, 0) is 11.2 Å². The molecule has 0 saturated heterocycles. The van der Waals surface area contributed by atoms with E-state index in [1.54, 1.807) is 0 Å². The number of aryl methyl sites for hydroxylation is 3. The van der Waals surface area contributed by atoms with Crippen molar-refractivity contribution in [1.82, 2.24) is 5.32 Å². The maximum Gasteiger partial charge on any atom is 0.221 e. The van der Waals surface area contributed by atoms with Crippen LogP contribution in [0.1, 0.15) is 35.1 Å². The highest BCUT2D eigenvalue weighted by Crippen LogP contribution is 2.15. The summed E-state index contributed by atoms with van der Waals surface area (Å²) in [7, 11) is 0. The molecule has 1 aromatic carbocycles. The molecule has 0 saturated carbocycles. The van der Waals surface area contributed by atoms with Crippen LogP contribution in [0, 0.1) is 32.1 Å². The number of nitriles is 1. The van der Waals surface area contributed by atoms with Crippen molar-refractivity contribution >= 4 is 5.91 Å². The van der Waals surface area contributed by atoms with Crippen LogP contribution < -0.4 is 5.32 Å². The van der Waals surface area contributed by atoms with Gasteiger partial charge in [-0.2, -0.15) is 5.26 Å². The third kappa shape index (κ3) is 4.21. The molecule has 0 atom stereocenters. The maximum atomic E-state index is 11.3. The Morgan fingerprint density at radius 3 is 2.56 bits per heavy atom. The van der Waals surface area contributed by atoms with E-state index in [0.29, 0.717) is 13.0 Å². The molecule has 1 N–H and O–H groups in total. The van der Waals surface area contributed by atoms with Crippen LogP contribution in [0.2, 0.25) is 0 Å². The smallest absolute Gasteiger partial charge is 0.221 e. The van der Waals surface area contributed by atoms with E-state index in [1.165, 1.54) is 22.3 Å². The molecule has 0 aliphatic rings. The molecule has 0 aromatic heterocycles. The molecule has 0 aliphatic heterocycles. The minimum atomic E-state index is -0.0435. The molecule has 0 spiro atoms. The number of carbonyl (C=O) groups is 1. The third-order valence-corrected chi connectivity index (χ3v) is 3.13. The van der Waals surface area contributed by atoms with Gasteiger partial charge in [-0.25, -0.2) is 0 Å². The minimum absolute atomic E-state index is 0.0435. The van der Waals surface area contributed by atoms with E-state index in [0.717, 1.165) is 6.42 Å². The molecule has 0 fully saturated rings. The van der Waals surface area contributed by atoms with E-state index in [2.05, 4.69) is 38.2 Å². The monoisotopic (exact) mass is 244 g/mol. The Morgan fingerprint density at radius 1 is 1.22 bits per heavy atom. The summed E-state index contributed by atoms with van der Waals surface area (Å²) < 4.78 is 0. The molecule has 0 radical (unpaired) electrons. The molecule has 3 heteroatoms. The van der Waals surface area contributed by atoms with Gasteiger partial charge >= 0.3 is 0 Å². The topological polar surface area (TPSA) is 52.9 Å². The van der Waals surface area contributed by atoms with Gasteiger partial charge < -0.3 is 5.32 Å². The van der Waals surface area contributed by atoms with Crippen LogP contribution in [0.3, 0.4) is 0 Å². The fraction of sp³-hybridized carbons (Fsp3) is 0.467. The quantitative estimate of drug-likeness (QED) is 0.865. The van der Waals surface area contributed by atoms with Gasteiger partial charge in [0.05, 0.1) is 6.07 Å². The fourth-order valence-electron chi connectivity index (χ4n) is 1.88. The minimum Gasteiger partial charge on any atom is -0.356 e. The highest BCUT2D eigenvalue weighted by atomic mass is 16.1. The summed E-state index contributed by atoms with van der Waals surface area (Å²) in [5, 5.41) is 11.2. The number of amides is 1. The third-order valence-electron chi connectivity index (χ3n) is 3.13. The largest absolute Gasteiger partial charge is 0.356 e. The van der Waals surface area contributed by atoms with Crippen LogP contribution in [0.4, 0.5) is 0 Å². The molecular formula is C15H20N2O. The highest BCUT2D eigenvalue weighted by Gasteiger charge is 2.03. The lowest BCUT2D eigenvalue weighted by Gasteiger charge is -2.10. The van der Waals surface area contributed by atoms with Crippen LogP contribution in [0.15, 0.2) is 12.1 Å². The zero-order chi connectivity index (χ0) is 13.5. The zero-order valence-corrected chi connectivity index (χ0v) is 11.3. The summed E-state index contributed by atoms with van der Waals surface area (Å²) in [6, 6.07) is 6.34. The van der Waals surface area contributed by atoms with Crippen molar-refractivity contribution in [3.8, 4) is 6.07 Å². The summed E-state index contributed by atoms with van der Waals surface area (Å²) >= 11 is 0. The average molecular weight is 244 g/mol. The predicted molar refractivity (Wildman–Crippen MR) is 72.2 cm³/mol. The van der Waals surface area contributed by atoms with Crippen LogP contribution in [0.25, 0.3) is 0 Å². The normalized spacial score (nSPS) is 9.89. The van der Waals surface area contributed by atoms with Crippen molar-refractivity contribution in [2.24, 2.45) is 0 Å². The Bertz CT molecular complexity index is 472. The Balaban J connectivity index is 2.47. The van der Waals surface area contributed by atoms with Gasteiger partial charge in [0.15, 0.2) is 0 Å². The van der Waals surface area contributed by atoms with E-state index in [1.807, 2.05) is 6.07 Å². The molecule has 1 aromatic rings. The fourth-order valence-corrected chi connectivity index (χ4v) is 1.88. The molecule has 0 aliphatic carbocycles. The Labute approximate surface area is 109 Å². The van der Waals surface area contributed by atoms with E-state index in [-0.39, 0.29) is 12.3 Å². The summed E-state index contributed by atoms with van der Waals surface area (Å²) in [6.07, 6.45) is 1.42. The molecule has 0 unspecified atom stereocenters. The van der Waals surface area contributed by atoms with Crippen molar-refractivity contribution < 1.29 is 4.79 Å². The molecule has 18 heavy (non-hydrogen) atoms. The van der Waals surface area contributed by atoms with Crippen LogP contribution in [0.5, 0.6) is 0 Å². The maximum absolute atomic E-state index is 11.3. The number of nitrogens with zero attached hydrogens (tertiary/aromatic N) is 1. The van der Waals surface area contributed by atoms with Crippen molar-refractivity contribution in [2.45, 2.75) is 40.0 Å². The number of hydrogen-bond donors (Lipinski definition) is 1. The van der Waals surface area contributed by atoms with Gasteiger partial charge in [0, 0.05) is 19.4 Å². The lowest BCUT2D eigenvalue weighted by Crippen LogP contribution is -2.25. The van der Waals surface area contributed by atoms with Gasteiger partial charge in [-0.1, -0.05) is 12.1 Å². The first-order valence-electron chi connectivity index (χ1n) is 6.25. The van der Waals surface area contributed by atoms with Gasteiger partial charge in [-0.3, -0.25) is 4.79 Å². The first-order chi connectivity index (χ1) is 8.54. The summed E-state index contributed by atoms with van der Waals surface area (Å²) in [5.41, 5.74) is 5.13. The molecule has 0 heterocycles. The molecule has 1 amide bonds. The van der Waals surface area contributed by atoms with Gasteiger partial charge in [-0.15, -0.1) is 0 Å². The molecule has 0 bridgehead atoms. The Kier molecular flexibility index (Phi) is 5.38. The Morgan fingerprint density at radius 2 is 1.89 bits per heavy atom. The van der Waals surface area contributed by atoms with Gasteiger partial charge in [0.2, 0.25) is 5.91 Å². The lowest BCUT2D eigenvalue weighted by atomic mass is 9.99.